The van der Waals surface area contributed by atoms with Crippen LogP contribution < -0.4 is 15.2 Å². The van der Waals surface area contributed by atoms with Crippen LogP contribution in [0.15, 0.2) is 30.5 Å². The van der Waals surface area contributed by atoms with Crippen molar-refractivity contribution in [3.8, 4) is 17.7 Å². The highest BCUT2D eigenvalue weighted by atomic mass is 19.1. The summed E-state index contributed by atoms with van der Waals surface area (Å²) in [5.74, 6) is 0.875. The molecule has 2 N–H and O–H groups in total. The van der Waals surface area contributed by atoms with E-state index in [1.165, 1.54) is 12.1 Å². The Labute approximate surface area is 158 Å². The zero-order valence-electron chi connectivity index (χ0n) is 15.3. The highest BCUT2D eigenvalue weighted by molar-refractivity contribution is 5.36. The first-order valence-electron chi connectivity index (χ1n) is 9.10. The number of aromatic nitrogens is 2. The van der Waals surface area contributed by atoms with E-state index in [1.807, 2.05) is 6.07 Å². The van der Waals surface area contributed by atoms with E-state index in [1.54, 1.807) is 12.3 Å². The van der Waals surface area contributed by atoms with E-state index in [2.05, 4.69) is 16.9 Å². The molecule has 7 heteroatoms. The predicted molar refractivity (Wildman–Crippen MR) is 97.5 cm³/mol. The first kappa shape index (κ1) is 19.1. The molecule has 2 aromatic rings. The normalized spacial score (nSPS) is 22.5. The van der Waals surface area contributed by atoms with Crippen LogP contribution in [-0.4, -0.2) is 22.1 Å². The Morgan fingerprint density at radius 2 is 2.15 bits per heavy atom. The second-order valence-corrected chi connectivity index (χ2v) is 7.01. The van der Waals surface area contributed by atoms with Gasteiger partial charge in [0.15, 0.2) is 17.4 Å². The molecule has 142 valence electrons. The lowest BCUT2D eigenvalue weighted by atomic mass is 10.0. The number of ether oxygens (including phenoxy) is 2. The van der Waals surface area contributed by atoms with Gasteiger partial charge in [0.2, 0.25) is 5.88 Å². The summed E-state index contributed by atoms with van der Waals surface area (Å²) in [4.78, 5) is 8.50. The Morgan fingerprint density at radius 1 is 1.30 bits per heavy atom. The van der Waals surface area contributed by atoms with E-state index >= 15 is 0 Å². The molecule has 1 saturated carbocycles. The summed E-state index contributed by atoms with van der Waals surface area (Å²) in [6.45, 7) is 2.21. The van der Waals surface area contributed by atoms with Gasteiger partial charge in [0.1, 0.15) is 12.7 Å². The van der Waals surface area contributed by atoms with Gasteiger partial charge in [-0.25, -0.2) is 9.37 Å². The molecule has 27 heavy (non-hydrogen) atoms. The molecular formula is C20H23FN4O2. The van der Waals surface area contributed by atoms with Gasteiger partial charge in [0.25, 0.3) is 0 Å². The van der Waals surface area contributed by atoms with Gasteiger partial charge < -0.3 is 15.2 Å². The van der Waals surface area contributed by atoms with Crippen molar-refractivity contribution in [2.24, 2.45) is 11.7 Å². The van der Waals surface area contributed by atoms with E-state index < -0.39 is 5.82 Å². The maximum absolute atomic E-state index is 13.9. The number of hydrogen-bond donors (Lipinski definition) is 1. The summed E-state index contributed by atoms with van der Waals surface area (Å²) in [7, 11) is 0. The highest BCUT2D eigenvalue weighted by Crippen LogP contribution is 2.25. The fraction of sp³-hybridized carbons (Fsp3) is 0.450. The highest BCUT2D eigenvalue weighted by Gasteiger charge is 2.23. The lowest BCUT2D eigenvalue weighted by Crippen LogP contribution is -2.27. The van der Waals surface area contributed by atoms with Crippen LogP contribution in [-0.2, 0) is 6.61 Å². The van der Waals surface area contributed by atoms with Gasteiger partial charge in [-0.15, -0.1) is 0 Å². The van der Waals surface area contributed by atoms with Crippen molar-refractivity contribution in [1.29, 1.82) is 5.26 Å². The topological polar surface area (TPSA) is 94.0 Å². The van der Waals surface area contributed by atoms with Gasteiger partial charge in [0, 0.05) is 18.3 Å². The van der Waals surface area contributed by atoms with Crippen LogP contribution in [0.25, 0.3) is 0 Å². The molecule has 1 aromatic heterocycles. The van der Waals surface area contributed by atoms with Crippen molar-refractivity contribution in [2.75, 3.05) is 0 Å². The molecule has 0 spiro atoms. The molecule has 0 aliphatic heterocycles. The van der Waals surface area contributed by atoms with Crippen LogP contribution in [0.2, 0.25) is 0 Å². The van der Waals surface area contributed by atoms with Crippen molar-refractivity contribution in [2.45, 2.75) is 51.4 Å². The van der Waals surface area contributed by atoms with Crippen LogP contribution in [0.5, 0.6) is 11.6 Å². The summed E-state index contributed by atoms with van der Waals surface area (Å²) < 4.78 is 25.3. The lowest BCUT2D eigenvalue weighted by molar-refractivity contribution is 0.157. The largest absolute Gasteiger partial charge is 0.483 e. The Bertz CT molecular complexity index is 812. The second-order valence-electron chi connectivity index (χ2n) is 7.01. The number of nitrogens with two attached hydrogens (primary N) is 1. The van der Waals surface area contributed by atoms with Crippen molar-refractivity contribution in [1.82, 2.24) is 9.97 Å². The first-order valence-corrected chi connectivity index (χ1v) is 9.10. The lowest BCUT2D eigenvalue weighted by Gasteiger charge is -2.20. The van der Waals surface area contributed by atoms with Crippen molar-refractivity contribution >= 4 is 0 Å². The third-order valence-electron chi connectivity index (χ3n) is 4.65. The molecule has 3 rings (SSSR count). The second kappa shape index (κ2) is 8.78. The third-order valence-corrected chi connectivity index (χ3v) is 4.65. The maximum Gasteiger partial charge on any atom is 0.216 e. The zero-order chi connectivity index (χ0) is 19.2. The molecule has 1 heterocycles. The monoisotopic (exact) mass is 370 g/mol. The number of nitrogens with zero attached hydrogens (tertiary/aromatic N) is 3. The smallest absolute Gasteiger partial charge is 0.216 e. The number of nitriles is 1. The SMILES string of the molecule is CC1CCC(N)CC(Oc2ccnc(COc3ccc(C#N)cc3F)n2)C1. The standard InChI is InChI=1S/C20H23FN4O2/c1-13-2-4-15(23)10-16(8-13)27-20-6-7-24-19(25-20)12-26-18-5-3-14(11-22)9-17(18)21/h3,5-7,9,13,15-16H,2,4,8,10,12,23H2,1H3. The summed E-state index contributed by atoms with van der Waals surface area (Å²) in [6.07, 6.45) is 5.49. The molecule has 0 amide bonds. The summed E-state index contributed by atoms with van der Waals surface area (Å²) >= 11 is 0. The molecular weight excluding hydrogens is 347 g/mol. The van der Waals surface area contributed by atoms with Gasteiger partial charge in [-0.05, 0) is 49.8 Å². The minimum atomic E-state index is -0.595. The van der Waals surface area contributed by atoms with Crippen LogP contribution in [0.4, 0.5) is 4.39 Å². The van der Waals surface area contributed by atoms with Crippen LogP contribution in [0, 0.1) is 23.1 Å². The predicted octanol–water partition coefficient (Wildman–Crippen LogP) is 3.35. The maximum atomic E-state index is 13.9. The fourth-order valence-corrected chi connectivity index (χ4v) is 3.23. The van der Waals surface area contributed by atoms with Crippen LogP contribution >= 0.6 is 0 Å². The molecule has 1 aromatic carbocycles. The number of hydrogen-bond acceptors (Lipinski definition) is 6. The molecule has 1 aliphatic carbocycles. The molecule has 1 fully saturated rings. The van der Waals surface area contributed by atoms with E-state index in [-0.39, 0.29) is 30.1 Å². The van der Waals surface area contributed by atoms with Gasteiger partial charge in [-0.3, -0.25) is 0 Å². The number of rotatable bonds is 5. The van der Waals surface area contributed by atoms with E-state index in [0.717, 1.165) is 31.7 Å². The molecule has 0 radical (unpaired) electrons. The van der Waals surface area contributed by atoms with E-state index in [9.17, 15) is 4.39 Å². The number of benzene rings is 1. The van der Waals surface area contributed by atoms with Crippen LogP contribution in [0.3, 0.4) is 0 Å². The van der Waals surface area contributed by atoms with Crippen LogP contribution in [0.1, 0.15) is 44.0 Å². The van der Waals surface area contributed by atoms with Gasteiger partial charge >= 0.3 is 0 Å². The Hall–Kier alpha value is -2.72. The van der Waals surface area contributed by atoms with Gasteiger partial charge in [-0.2, -0.15) is 10.2 Å². The summed E-state index contributed by atoms with van der Waals surface area (Å²) in [6, 6.07) is 7.77. The minimum absolute atomic E-state index is 0.000599. The van der Waals surface area contributed by atoms with Crippen molar-refractivity contribution in [3.05, 3.63) is 47.7 Å². The third kappa shape index (κ3) is 5.38. The van der Waals surface area contributed by atoms with E-state index in [0.29, 0.717) is 17.6 Å². The first-order chi connectivity index (χ1) is 13.0. The van der Waals surface area contributed by atoms with Gasteiger partial charge in [0.05, 0.1) is 11.6 Å². The van der Waals surface area contributed by atoms with Gasteiger partial charge in [-0.1, -0.05) is 6.92 Å². The molecule has 0 saturated heterocycles. The zero-order valence-corrected chi connectivity index (χ0v) is 15.3. The average Bonchev–Trinajstić information content (AvgIpc) is 2.81. The molecule has 3 atom stereocenters. The fourth-order valence-electron chi connectivity index (χ4n) is 3.23. The molecule has 6 nitrogen and oxygen atoms in total. The van der Waals surface area contributed by atoms with Crippen molar-refractivity contribution in [3.63, 3.8) is 0 Å². The Kier molecular flexibility index (Phi) is 6.20. The molecule has 1 aliphatic rings. The Morgan fingerprint density at radius 3 is 2.93 bits per heavy atom. The molecule has 0 bridgehead atoms. The quantitative estimate of drug-likeness (QED) is 0.811. The molecule has 3 unspecified atom stereocenters. The Balaban J connectivity index is 1.62. The average molecular weight is 370 g/mol. The number of halogens is 1. The van der Waals surface area contributed by atoms with E-state index in [4.69, 9.17) is 20.5 Å². The van der Waals surface area contributed by atoms with Crippen molar-refractivity contribution < 1.29 is 13.9 Å². The summed E-state index contributed by atoms with van der Waals surface area (Å²) in [5.41, 5.74) is 6.37. The minimum Gasteiger partial charge on any atom is -0.483 e. The summed E-state index contributed by atoms with van der Waals surface area (Å²) in [5, 5.41) is 8.78.